The second kappa shape index (κ2) is 4.97. The van der Waals surface area contributed by atoms with E-state index in [1.807, 2.05) is 30.0 Å². The number of nitrogens with two attached hydrogens (primary N) is 1. The van der Waals surface area contributed by atoms with E-state index in [9.17, 15) is 0 Å². The maximum Gasteiger partial charge on any atom is 0.142 e. The standard InChI is InChI=1S/C12H17NO2S/c1-8-12(5-6-15-8)16-9-3-4-10(13)11(7-9)14-2/h3-4,7-8,12H,5-6,13H2,1-2H3. The molecule has 1 aromatic rings. The summed E-state index contributed by atoms with van der Waals surface area (Å²) in [6, 6.07) is 5.92. The van der Waals surface area contributed by atoms with Crippen LogP contribution < -0.4 is 10.5 Å². The predicted octanol–water partition coefficient (Wildman–Crippen LogP) is 2.55. The summed E-state index contributed by atoms with van der Waals surface area (Å²) in [6.07, 6.45) is 1.44. The zero-order chi connectivity index (χ0) is 11.5. The van der Waals surface area contributed by atoms with Gasteiger partial charge < -0.3 is 15.2 Å². The Morgan fingerprint density at radius 2 is 2.31 bits per heavy atom. The van der Waals surface area contributed by atoms with Gasteiger partial charge >= 0.3 is 0 Å². The van der Waals surface area contributed by atoms with Crippen molar-refractivity contribution >= 4 is 17.4 Å². The molecule has 0 radical (unpaired) electrons. The Kier molecular flexibility index (Phi) is 3.61. The molecule has 0 amide bonds. The van der Waals surface area contributed by atoms with E-state index < -0.39 is 0 Å². The molecule has 1 aliphatic heterocycles. The van der Waals surface area contributed by atoms with Crippen molar-refractivity contribution in [3.63, 3.8) is 0 Å². The lowest BCUT2D eigenvalue weighted by atomic mass is 10.2. The van der Waals surface area contributed by atoms with Gasteiger partial charge in [0.05, 0.1) is 18.9 Å². The first kappa shape index (κ1) is 11.6. The van der Waals surface area contributed by atoms with Crippen LogP contribution in [0.15, 0.2) is 23.1 Å². The van der Waals surface area contributed by atoms with Gasteiger partial charge in [-0.2, -0.15) is 0 Å². The Balaban J connectivity index is 2.09. The van der Waals surface area contributed by atoms with Crippen LogP contribution in [0.2, 0.25) is 0 Å². The highest BCUT2D eigenvalue weighted by Gasteiger charge is 2.25. The number of methoxy groups -OCH3 is 1. The molecule has 3 nitrogen and oxygen atoms in total. The van der Waals surface area contributed by atoms with E-state index in [-0.39, 0.29) is 0 Å². The van der Waals surface area contributed by atoms with E-state index in [1.165, 1.54) is 4.90 Å². The summed E-state index contributed by atoms with van der Waals surface area (Å²) in [7, 11) is 1.64. The summed E-state index contributed by atoms with van der Waals surface area (Å²) in [4.78, 5) is 1.19. The number of hydrogen-bond donors (Lipinski definition) is 1. The van der Waals surface area contributed by atoms with Crippen molar-refractivity contribution in [1.82, 2.24) is 0 Å². The summed E-state index contributed by atoms with van der Waals surface area (Å²) in [5, 5.41) is 0.535. The molecule has 4 heteroatoms. The maximum absolute atomic E-state index is 5.78. The summed E-state index contributed by atoms with van der Waals surface area (Å²) < 4.78 is 10.7. The normalized spacial score (nSPS) is 24.6. The number of ether oxygens (including phenoxy) is 2. The SMILES string of the molecule is COc1cc(SC2CCOC2C)ccc1N. The van der Waals surface area contributed by atoms with Gasteiger partial charge in [0.25, 0.3) is 0 Å². The monoisotopic (exact) mass is 239 g/mol. The Bertz CT molecular complexity index is 370. The highest BCUT2D eigenvalue weighted by Crippen LogP contribution is 2.35. The van der Waals surface area contributed by atoms with Gasteiger partial charge in [-0.15, -0.1) is 11.8 Å². The minimum atomic E-state index is 0.327. The van der Waals surface area contributed by atoms with E-state index >= 15 is 0 Å². The van der Waals surface area contributed by atoms with Crippen LogP contribution in [0.4, 0.5) is 5.69 Å². The average Bonchev–Trinajstić information content (AvgIpc) is 2.67. The summed E-state index contributed by atoms with van der Waals surface area (Å²) in [6.45, 7) is 2.99. The highest BCUT2D eigenvalue weighted by molar-refractivity contribution is 8.00. The molecule has 0 bridgehead atoms. The van der Waals surface area contributed by atoms with Gasteiger partial charge in [-0.25, -0.2) is 0 Å². The molecule has 0 spiro atoms. The fraction of sp³-hybridized carbons (Fsp3) is 0.500. The lowest BCUT2D eigenvalue weighted by Gasteiger charge is -2.14. The molecule has 1 saturated heterocycles. The van der Waals surface area contributed by atoms with Crippen molar-refractivity contribution in [2.24, 2.45) is 0 Å². The van der Waals surface area contributed by atoms with Crippen molar-refractivity contribution < 1.29 is 9.47 Å². The van der Waals surface area contributed by atoms with E-state index in [1.54, 1.807) is 7.11 Å². The topological polar surface area (TPSA) is 44.5 Å². The van der Waals surface area contributed by atoms with Crippen molar-refractivity contribution in [2.45, 2.75) is 29.6 Å². The fourth-order valence-electron chi connectivity index (χ4n) is 1.81. The zero-order valence-electron chi connectivity index (χ0n) is 9.60. The Labute approximate surface area is 100 Å². The van der Waals surface area contributed by atoms with Gasteiger partial charge in [0.2, 0.25) is 0 Å². The van der Waals surface area contributed by atoms with Gasteiger partial charge in [-0.3, -0.25) is 0 Å². The number of benzene rings is 1. The predicted molar refractivity (Wildman–Crippen MR) is 67.1 cm³/mol. The summed E-state index contributed by atoms with van der Waals surface area (Å²) >= 11 is 1.84. The van der Waals surface area contributed by atoms with Gasteiger partial charge in [-0.1, -0.05) is 0 Å². The Morgan fingerprint density at radius 3 is 2.94 bits per heavy atom. The van der Waals surface area contributed by atoms with Crippen LogP contribution in [-0.2, 0) is 4.74 Å². The molecule has 1 heterocycles. The quantitative estimate of drug-likeness (QED) is 0.823. The average molecular weight is 239 g/mol. The largest absolute Gasteiger partial charge is 0.495 e. The molecule has 0 aromatic heterocycles. The van der Waals surface area contributed by atoms with E-state index in [0.29, 0.717) is 17.0 Å². The highest BCUT2D eigenvalue weighted by atomic mass is 32.2. The minimum absolute atomic E-state index is 0.327. The first-order valence-electron chi connectivity index (χ1n) is 5.42. The first-order valence-corrected chi connectivity index (χ1v) is 6.30. The molecule has 88 valence electrons. The number of anilines is 1. The van der Waals surface area contributed by atoms with Crippen LogP contribution in [-0.4, -0.2) is 25.1 Å². The third-order valence-corrected chi connectivity index (χ3v) is 4.25. The van der Waals surface area contributed by atoms with E-state index in [4.69, 9.17) is 15.2 Å². The lowest BCUT2D eigenvalue weighted by Crippen LogP contribution is -2.12. The van der Waals surface area contributed by atoms with E-state index in [2.05, 4.69) is 6.92 Å². The summed E-state index contributed by atoms with van der Waals surface area (Å²) in [5.41, 5.74) is 6.46. The van der Waals surface area contributed by atoms with Crippen LogP contribution in [0.3, 0.4) is 0 Å². The Morgan fingerprint density at radius 1 is 1.50 bits per heavy atom. The van der Waals surface area contributed by atoms with Crippen LogP contribution in [0.5, 0.6) is 5.75 Å². The van der Waals surface area contributed by atoms with Crippen molar-refractivity contribution in [3.8, 4) is 5.75 Å². The third kappa shape index (κ3) is 2.44. The minimum Gasteiger partial charge on any atom is -0.495 e. The van der Waals surface area contributed by atoms with Gasteiger partial charge in [0.15, 0.2) is 0 Å². The number of thioether (sulfide) groups is 1. The molecule has 2 rings (SSSR count). The molecule has 2 unspecified atom stereocenters. The van der Waals surface area contributed by atoms with Gasteiger partial charge in [0, 0.05) is 16.8 Å². The molecule has 16 heavy (non-hydrogen) atoms. The van der Waals surface area contributed by atoms with E-state index in [0.717, 1.165) is 18.8 Å². The van der Waals surface area contributed by atoms with Crippen LogP contribution in [0.25, 0.3) is 0 Å². The summed E-state index contributed by atoms with van der Waals surface area (Å²) in [5.74, 6) is 0.747. The Hall–Kier alpha value is -0.870. The smallest absolute Gasteiger partial charge is 0.142 e. The maximum atomic E-state index is 5.78. The first-order chi connectivity index (χ1) is 7.70. The number of hydrogen-bond acceptors (Lipinski definition) is 4. The second-order valence-corrected chi connectivity index (χ2v) is 5.24. The van der Waals surface area contributed by atoms with Crippen molar-refractivity contribution in [1.29, 1.82) is 0 Å². The van der Waals surface area contributed by atoms with Crippen molar-refractivity contribution in [2.75, 3.05) is 19.5 Å². The zero-order valence-corrected chi connectivity index (χ0v) is 10.4. The lowest BCUT2D eigenvalue weighted by molar-refractivity contribution is 0.127. The van der Waals surface area contributed by atoms with Crippen LogP contribution >= 0.6 is 11.8 Å². The molecule has 0 saturated carbocycles. The second-order valence-electron chi connectivity index (χ2n) is 3.92. The molecule has 2 atom stereocenters. The molecular formula is C12H17NO2S. The third-order valence-electron chi connectivity index (χ3n) is 2.80. The number of rotatable bonds is 3. The fourth-order valence-corrected chi connectivity index (χ4v) is 2.96. The van der Waals surface area contributed by atoms with Gasteiger partial charge in [-0.05, 0) is 31.5 Å². The molecule has 1 aliphatic rings. The number of nitrogen functional groups attached to an aromatic ring is 1. The molecular weight excluding hydrogens is 222 g/mol. The van der Waals surface area contributed by atoms with Crippen molar-refractivity contribution in [3.05, 3.63) is 18.2 Å². The molecule has 1 aromatic carbocycles. The molecule has 1 fully saturated rings. The van der Waals surface area contributed by atoms with Gasteiger partial charge in [0.1, 0.15) is 5.75 Å². The van der Waals surface area contributed by atoms with Crippen LogP contribution in [0, 0.1) is 0 Å². The molecule has 2 N–H and O–H groups in total. The van der Waals surface area contributed by atoms with Crippen LogP contribution in [0.1, 0.15) is 13.3 Å². The molecule has 0 aliphatic carbocycles.